The molecule has 2 N–H and O–H groups in total. The maximum absolute atomic E-state index is 11.8. The van der Waals surface area contributed by atoms with Crippen LogP contribution in [0.15, 0.2) is 0 Å². The second-order valence-electron chi connectivity index (χ2n) is 5.30. The van der Waals surface area contributed by atoms with Crippen molar-refractivity contribution in [2.75, 3.05) is 33.7 Å². The number of hydrogen-bond donors (Lipinski definition) is 2. The number of nitrogens with zero attached hydrogens (tertiary/aromatic N) is 2. The number of carbonyl (C=O) groups is 2. The zero-order valence-electron chi connectivity index (χ0n) is 12.4. The van der Waals surface area contributed by atoms with E-state index >= 15 is 0 Å². The van der Waals surface area contributed by atoms with Gasteiger partial charge < -0.3 is 20.4 Å². The predicted octanol–water partition coefficient (Wildman–Crippen LogP) is 0.247. The van der Waals surface area contributed by atoms with Crippen LogP contribution in [0.4, 0.5) is 4.79 Å². The molecule has 1 heterocycles. The minimum atomic E-state index is -0.499. The first kappa shape index (κ1) is 15.8. The summed E-state index contributed by atoms with van der Waals surface area (Å²) in [5.74, 6) is -0.103. The number of urea groups is 1. The minimum absolute atomic E-state index is 0.103. The first-order valence-corrected chi connectivity index (χ1v) is 6.94. The summed E-state index contributed by atoms with van der Waals surface area (Å²) in [6.07, 6.45) is 2.10. The summed E-state index contributed by atoms with van der Waals surface area (Å²) in [6, 6.07) is -0.582. The summed E-state index contributed by atoms with van der Waals surface area (Å²) in [5, 5.41) is 5.63. The van der Waals surface area contributed by atoms with Gasteiger partial charge in [-0.05, 0) is 32.9 Å². The Balaban J connectivity index is 2.36. The molecule has 0 radical (unpaired) electrons. The standard InChI is InChI=1S/C13H26N4O2/c1-5-17-8-6-7-11(9-17)15-13(19)14-10(2)12(18)16(3)4/h10-11H,5-9H2,1-4H3,(H2,14,15,19)/t10-,11?/m0/s1. The van der Waals surface area contributed by atoms with E-state index in [1.54, 1.807) is 21.0 Å². The monoisotopic (exact) mass is 270 g/mol. The van der Waals surface area contributed by atoms with Crippen molar-refractivity contribution in [1.29, 1.82) is 0 Å². The minimum Gasteiger partial charge on any atom is -0.347 e. The Morgan fingerprint density at radius 3 is 2.68 bits per heavy atom. The average Bonchev–Trinajstić information content (AvgIpc) is 2.37. The molecule has 1 saturated heterocycles. The van der Waals surface area contributed by atoms with Gasteiger partial charge >= 0.3 is 6.03 Å². The van der Waals surface area contributed by atoms with E-state index in [9.17, 15) is 9.59 Å². The fraction of sp³-hybridized carbons (Fsp3) is 0.846. The normalized spacial score (nSPS) is 21.6. The van der Waals surface area contributed by atoms with Crippen LogP contribution < -0.4 is 10.6 Å². The van der Waals surface area contributed by atoms with Crippen molar-refractivity contribution < 1.29 is 9.59 Å². The van der Waals surface area contributed by atoms with Crippen LogP contribution in [-0.2, 0) is 4.79 Å². The van der Waals surface area contributed by atoms with Gasteiger partial charge in [0.1, 0.15) is 6.04 Å². The fourth-order valence-corrected chi connectivity index (χ4v) is 2.33. The average molecular weight is 270 g/mol. The van der Waals surface area contributed by atoms with Crippen LogP contribution in [0.2, 0.25) is 0 Å². The lowest BCUT2D eigenvalue weighted by atomic mass is 10.1. The van der Waals surface area contributed by atoms with E-state index in [2.05, 4.69) is 22.5 Å². The summed E-state index contributed by atoms with van der Waals surface area (Å²) in [4.78, 5) is 27.3. The molecule has 1 rings (SSSR count). The third-order valence-electron chi connectivity index (χ3n) is 3.45. The number of piperidine rings is 1. The molecule has 0 aromatic carbocycles. The Hall–Kier alpha value is -1.30. The van der Waals surface area contributed by atoms with Gasteiger partial charge in [0.15, 0.2) is 0 Å². The lowest BCUT2D eigenvalue weighted by molar-refractivity contribution is -0.130. The molecule has 3 amide bonds. The number of carbonyl (C=O) groups excluding carboxylic acids is 2. The van der Waals surface area contributed by atoms with Crippen molar-refractivity contribution in [3.05, 3.63) is 0 Å². The highest BCUT2D eigenvalue weighted by atomic mass is 16.2. The highest BCUT2D eigenvalue weighted by Crippen LogP contribution is 2.09. The zero-order valence-corrected chi connectivity index (χ0v) is 12.4. The van der Waals surface area contributed by atoms with Gasteiger partial charge in [0.25, 0.3) is 0 Å². The third kappa shape index (κ3) is 5.06. The summed E-state index contributed by atoms with van der Waals surface area (Å²) < 4.78 is 0. The molecule has 0 aromatic heterocycles. The number of likely N-dealkylation sites (tertiary alicyclic amines) is 1. The molecule has 0 bridgehead atoms. The molecule has 6 nitrogen and oxygen atoms in total. The molecular formula is C13H26N4O2. The van der Waals surface area contributed by atoms with Crippen LogP contribution in [0.5, 0.6) is 0 Å². The topological polar surface area (TPSA) is 64.7 Å². The number of nitrogens with one attached hydrogen (secondary N) is 2. The van der Waals surface area contributed by atoms with E-state index in [0.29, 0.717) is 0 Å². The summed E-state index contributed by atoms with van der Waals surface area (Å²) in [7, 11) is 3.36. The van der Waals surface area contributed by atoms with E-state index in [4.69, 9.17) is 0 Å². The van der Waals surface area contributed by atoms with Crippen LogP contribution in [-0.4, -0.2) is 67.6 Å². The Labute approximate surface area is 115 Å². The molecule has 110 valence electrons. The smallest absolute Gasteiger partial charge is 0.315 e. The maximum atomic E-state index is 11.8. The Morgan fingerprint density at radius 2 is 2.11 bits per heavy atom. The van der Waals surface area contributed by atoms with E-state index < -0.39 is 6.04 Å². The van der Waals surface area contributed by atoms with Gasteiger partial charge in [-0.25, -0.2) is 4.79 Å². The van der Waals surface area contributed by atoms with E-state index in [1.807, 2.05) is 0 Å². The molecule has 1 aliphatic rings. The van der Waals surface area contributed by atoms with Crippen molar-refractivity contribution in [2.45, 2.75) is 38.8 Å². The molecule has 2 atom stereocenters. The van der Waals surface area contributed by atoms with Crippen molar-refractivity contribution in [3.8, 4) is 0 Å². The van der Waals surface area contributed by atoms with E-state index in [0.717, 1.165) is 32.5 Å². The summed E-state index contributed by atoms with van der Waals surface area (Å²) in [6.45, 7) is 6.82. The molecule has 1 unspecified atom stereocenters. The van der Waals surface area contributed by atoms with Crippen LogP contribution in [0.3, 0.4) is 0 Å². The Bertz CT molecular complexity index is 320. The zero-order chi connectivity index (χ0) is 14.4. The second-order valence-corrected chi connectivity index (χ2v) is 5.30. The molecule has 0 spiro atoms. The van der Waals surface area contributed by atoms with Crippen molar-refractivity contribution in [3.63, 3.8) is 0 Å². The van der Waals surface area contributed by atoms with Crippen LogP contribution in [0, 0.1) is 0 Å². The van der Waals surface area contributed by atoms with Gasteiger partial charge in [0.2, 0.25) is 5.91 Å². The van der Waals surface area contributed by atoms with Crippen LogP contribution in [0.25, 0.3) is 0 Å². The van der Waals surface area contributed by atoms with Crippen LogP contribution >= 0.6 is 0 Å². The Kier molecular flexibility index (Phi) is 6.08. The van der Waals surface area contributed by atoms with Crippen molar-refractivity contribution in [1.82, 2.24) is 20.4 Å². The highest BCUT2D eigenvalue weighted by Gasteiger charge is 2.22. The first-order chi connectivity index (χ1) is 8.93. The molecule has 1 fully saturated rings. The molecule has 0 aromatic rings. The molecular weight excluding hydrogens is 244 g/mol. The second kappa shape index (κ2) is 7.33. The third-order valence-corrected chi connectivity index (χ3v) is 3.45. The molecule has 6 heteroatoms. The molecule has 19 heavy (non-hydrogen) atoms. The molecule has 1 aliphatic heterocycles. The number of hydrogen-bond acceptors (Lipinski definition) is 3. The van der Waals surface area contributed by atoms with E-state index in [1.165, 1.54) is 4.90 Å². The quantitative estimate of drug-likeness (QED) is 0.769. The van der Waals surface area contributed by atoms with Gasteiger partial charge in [-0.15, -0.1) is 0 Å². The Morgan fingerprint density at radius 1 is 1.42 bits per heavy atom. The van der Waals surface area contributed by atoms with E-state index in [-0.39, 0.29) is 18.0 Å². The van der Waals surface area contributed by atoms with Crippen LogP contribution in [0.1, 0.15) is 26.7 Å². The fourth-order valence-electron chi connectivity index (χ4n) is 2.33. The van der Waals surface area contributed by atoms with Gasteiger partial charge in [-0.1, -0.05) is 6.92 Å². The number of amides is 3. The van der Waals surface area contributed by atoms with Crippen molar-refractivity contribution >= 4 is 11.9 Å². The van der Waals surface area contributed by atoms with Gasteiger partial charge in [0.05, 0.1) is 0 Å². The molecule has 0 aliphatic carbocycles. The van der Waals surface area contributed by atoms with Gasteiger partial charge in [0, 0.05) is 26.7 Å². The van der Waals surface area contributed by atoms with Gasteiger partial charge in [-0.3, -0.25) is 4.79 Å². The lowest BCUT2D eigenvalue weighted by Gasteiger charge is -2.32. The summed E-state index contributed by atoms with van der Waals surface area (Å²) in [5.41, 5.74) is 0. The SMILES string of the molecule is CCN1CCCC(NC(=O)N[C@@H](C)C(=O)N(C)C)C1. The maximum Gasteiger partial charge on any atom is 0.315 e. The number of likely N-dealkylation sites (N-methyl/N-ethyl adjacent to an activating group) is 2. The highest BCUT2D eigenvalue weighted by molar-refractivity contribution is 5.86. The lowest BCUT2D eigenvalue weighted by Crippen LogP contribution is -2.54. The predicted molar refractivity (Wildman–Crippen MR) is 75.0 cm³/mol. The molecule has 0 saturated carbocycles. The summed E-state index contributed by atoms with van der Waals surface area (Å²) >= 11 is 0. The largest absolute Gasteiger partial charge is 0.347 e. The number of rotatable bonds is 4. The first-order valence-electron chi connectivity index (χ1n) is 6.94. The van der Waals surface area contributed by atoms with Crippen molar-refractivity contribution in [2.24, 2.45) is 0 Å². The van der Waals surface area contributed by atoms with Gasteiger partial charge in [-0.2, -0.15) is 0 Å².